The molecule has 1 heterocycles. The molecule has 2 atom stereocenters. The lowest BCUT2D eigenvalue weighted by Gasteiger charge is -2.24. The molecule has 0 amide bonds. The van der Waals surface area contributed by atoms with Gasteiger partial charge in [-0.3, -0.25) is 4.57 Å². The van der Waals surface area contributed by atoms with Crippen LogP contribution >= 0.6 is 7.37 Å². The topological polar surface area (TPSA) is 53.9 Å². The van der Waals surface area contributed by atoms with Crippen molar-refractivity contribution in [2.45, 2.75) is 25.0 Å². The predicted octanol–water partition coefficient (Wildman–Crippen LogP) is 0.656. The summed E-state index contributed by atoms with van der Waals surface area (Å²) in [6, 6.07) is 9.02. The highest BCUT2D eigenvalue weighted by molar-refractivity contribution is 7.66. The molecule has 1 aliphatic heterocycles. The molecule has 1 aromatic carbocycles. The number of piperidine rings is 1. The molecule has 82 valence electrons. The normalized spacial score (nSPS) is 25.8. The first-order valence-electron chi connectivity index (χ1n) is 5.42. The number of hydrogen-bond acceptors (Lipinski definition) is 1. The van der Waals surface area contributed by atoms with Gasteiger partial charge in [0, 0.05) is 11.7 Å². The van der Waals surface area contributed by atoms with Crippen LogP contribution in [0.4, 0.5) is 0 Å². The smallest absolute Gasteiger partial charge is 0.285 e. The molecule has 3 nitrogen and oxygen atoms in total. The third-order valence-corrected chi connectivity index (χ3v) is 5.37. The maximum absolute atomic E-state index is 12.3. The van der Waals surface area contributed by atoms with E-state index in [1.165, 1.54) is 0 Å². The molecule has 1 fully saturated rings. The van der Waals surface area contributed by atoms with Crippen LogP contribution in [0.1, 0.15) is 19.3 Å². The summed E-state index contributed by atoms with van der Waals surface area (Å²) in [5.41, 5.74) is 0. The van der Waals surface area contributed by atoms with Crippen molar-refractivity contribution < 1.29 is 14.8 Å². The minimum absolute atomic E-state index is 0.131. The lowest BCUT2D eigenvalue weighted by molar-refractivity contribution is -0.678. The zero-order chi connectivity index (χ0) is 10.7. The predicted molar refractivity (Wildman–Crippen MR) is 60.3 cm³/mol. The summed E-state index contributed by atoms with van der Waals surface area (Å²) in [6.07, 6.45) is 3.08. The maximum Gasteiger partial charge on any atom is 0.285 e. The average Bonchev–Trinajstić information content (AvgIpc) is 2.31. The monoisotopic (exact) mass is 226 g/mol. The molecule has 15 heavy (non-hydrogen) atoms. The molecule has 0 saturated carbocycles. The molecule has 0 radical (unpaired) electrons. The Hall–Kier alpha value is -0.630. The number of quaternary nitrogens is 1. The van der Waals surface area contributed by atoms with Crippen LogP contribution in [-0.2, 0) is 4.57 Å². The Bertz CT molecular complexity index is 360. The zero-order valence-corrected chi connectivity index (χ0v) is 9.57. The molecule has 4 heteroatoms. The SMILES string of the molecule is O=P(O)(c1ccccc1)[C@@H]1CCCC[NH2+]1. The van der Waals surface area contributed by atoms with Gasteiger partial charge < -0.3 is 10.2 Å². The number of rotatable bonds is 2. The molecule has 0 aliphatic carbocycles. The van der Waals surface area contributed by atoms with E-state index < -0.39 is 7.37 Å². The van der Waals surface area contributed by atoms with E-state index >= 15 is 0 Å². The van der Waals surface area contributed by atoms with Crippen LogP contribution < -0.4 is 10.6 Å². The molecule has 0 spiro atoms. The average molecular weight is 226 g/mol. The zero-order valence-electron chi connectivity index (χ0n) is 8.67. The second-order valence-corrected chi connectivity index (χ2v) is 6.47. The van der Waals surface area contributed by atoms with Gasteiger partial charge in [0.25, 0.3) is 7.37 Å². The van der Waals surface area contributed by atoms with Crippen LogP contribution in [0.5, 0.6) is 0 Å². The van der Waals surface area contributed by atoms with Gasteiger partial charge in [-0.05, 0) is 25.0 Å². The van der Waals surface area contributed by atoms with E-state index in [9.17, 15) is 9.46 Å². The molecular formula is C11H17NO2P+. The first-order chi connectivity index (χ1) is 7.21. The van der Waals surface area contributed by atoms with Gasteiger partial charge in [0.05, 0.1) is 6.54 Å². The van der Waals surface area contributed by atoms with Crippen molar-refractivity contribution in [3.05, 3.63) is 30.3 Å². The van der Waals surface area contributed by atoms with Gasteiger partial charge in [0.2, 0.25) is 0 Å². The van der Waals surface area contributed by atoms with Gasteiger partial charge in [0.15, 0.2) is 5.78 Å². The summed E-state index contributed by atoms with van der Waals surface area (Å²) in [6.45, 7) is 0.974. The Balaban J connectivity index is 2.22. The number of hydrogen-bond donors (Lipinski definition) is 2. The first kappa shape index (κ1) is 10.9. The van der Waals surface area contributed by atoms with Crippen LogP contribution in [0.25, 0.3) is 0 Å². The lowest BCUT2D eigenvalue weighted by atomic mass is 10.2. The molecule has 1 aliphatic rings. The highest BCUT2D eigenvalue weighted by atomic mass is 31.2. The standard InChI is InChI=1S/C11H16NO2P/c13-15(14,10-6-2-1-3-7-10)11-8-4-5-9-12-11/h1-3,6-7,11-12H,4-5,8-9H2,(H,13,14)/p+1/t11-/m1/s1. The summed E-state index contributed by atoms with van der Waals surface area (Å²) >= 11 is 0. The molecule has 0 aromatic heterocycles. The van der Waals surface area contributed by atoms with Crippen molar-refractivity contribution in [2.24, 2.45) is 0 Å². The van der Waals surface area contributed by atoms with Crippen LogP contribution in [0.2, 0.25) is 0 Å². The fourth-order valence-corrected chi connectivity index (χ4v) is 4.03. The van der Waals surface area contributed by atoms with E-state index in [2.05, 4.69) is 0 Å². The Labute approximate surface area is 90.0 Å². The van der Waals surface area contributed by atoms with Crippen molar-refractivity contribution in [1.82, 2.24) is 0 Å². The minimum atomic E-state index is -3.18. The van der Waals surface area contributed by atoms with Gasteiger partial charge in [-0.2, -0.15) is 0 Å². The summed E-state index contributed by atoms with van der Waals surface area (Å²) in [5.74, 6) is -0.131. The van der Waals surface area contributed by atoms with E-state index in [0.29, 0.717) is 5.30 Å². The summed E-state index contributed by atoms with van der Waals surface area (Å²) in [7, 11) is -3.18. The van der Waals surface area contributed by atoms with Crippen LogP contribution in [0.15, 0.2) is 30.3 Å². The molecule has 1 aromatic rings. The largest absolute Gasteiger partial charge is 0.337 e. The van der Waals surface area contributed by atoms with Crippen molar-refractivity contribution in [3.8, 4) is 0 Å². The molecule has 1 unspecified atom stereocenters. The molecule has 1 saturated heterocycles. The molecule has 0 bridgehead atoms. The van der Waals surface area contributed by atoms with E-state index in [1.54, 1.807) is 12.1 Å². The fourth-order valence-electron chi connectivity index (χ4n) is 2.08. The highest BCUT2D eigenvalue weighted by Gasteiger charge is 2.36. The lowest BCUT2D eigenvalue weighted by Crippen LogP contribution is -2.91. The number of nitrogens with two attached hydrogens (primary N) is 1. The van der Waals surface area contributed by atoms with Crippen LogP contribution in [-0.4, -0.2) is 17.2 Å². The van der Waals surface area contributed by atoms with Gasteiger partial charge in [-0.1, -0.05) is 18.2 Å². The quantitative estimate of drug-likeness (QED) is 0.728. The minimum Gasteiger partial charge on any atom is -0.337 e. The van der Waals surface area contributed by atoms with E-state index in [4.69, 9.17) is 0 Å². The van der Waals surface area contributed by atoms with E-state index in [1.807, 2.05) is 23.5 Å². The van der Waals surface area contributed by atoms with E-state index in [-0.39, 0.29) is 5.78 Å². The van der Waals surface area contributed by atoms with Gasteiger partial charge >= 0.3 is 0 Å². The van der Waals surface area contributed by atoms with Crippen molar-refractivity contribution in [2.75, 3.05) is 6.54 Å². The Morgan fingerprint density at radius 1 is 1.27 bits per heavy atom. The maximum atomic E-state index is 12.3. The third-order valence-electron chi connectivity index (χ3n) is 2.97. The van der Waals surface area contributed by atoms with E-state index in [0.717, 1.165) is 25.8 Å². The van der Waals surface area contributed by atoms with Crippen LogP contribution in [0, 0.1) is 0 Å². The Kier molecular flexibility index (Phi) is 3.25. The number of benzene rings is 1. The third kappa shape index (κ3) is 2.31. The summed E-state index contributed by atoms with van der Waals surface area (Å²) in [5, 5.41) is 2.62. The molecule has 3 N–H and O–H groups in total. The van der Waals surface area contributed by atoms with Crippen molar-refractivity contribution in [3.63, 3.8) is 0 Å². The van der Waals surface area contributed by atoms with Gasteiger partial charge in [-0.25, -0.2) is 0 Å². The van der Waals surface area contributed by atoms with Crippen molar-refractivity contribution in [1.29, 1.82) is 0 Å². The second-order valence-electron chi connectivity index (χ2n) is 4.05. The molecule has 2 rings (SSSR count). The Morgan fingerprint density at radius 3 is 2.60 bits per heavy atom. The first-order valence-corrected chi connectivity index (χ1v) is 7.15. The van der Waals surface area contributed by atoms with Gasteiger partial charge in [0.1, 0.15) is 0 Å². The summed E-state index contributed by atoms with van der Waals surface area (Å²) in [4.78, 5) is 10.1. The Morgan fingerprint density at radius 2 is 2.00 bits per heavy atom. The summed E-state index contributed by atoms with van der Waals surface area (Å²) < 4.78 is 12.3. The second kappa shape index (κ2) is 4.48. The fraction of sp³-hybridized carbons (Fsp3) is 0.455. The van der Waals surface area contributed by atoms with Crippen LogP contribution in [0.3, 0.4) is 0 Å². The molecular weight excluding hydrogens is 209 g/mol. The van der Waals surface area contributed by atoms with Gasteiger partial charge in [-0.15, -0.1) is 0 Å². The van der Waals surface area contributed by atoms with Crippen molar-refractivity contribution >= 4 is 12.7 Å². The highest BCUT2D eigenvalue weighted by Crippen LogP contribution is 2.44.